The summed E-state index contributed by atoms with van der Waals surface area (Å²) in [6.07, 6.45) is 6.24. The van der Waals surface area contributed by atoms with Crippen molar-refractivity contribution in [2.24, 2.45) is 0 Å². The lowest BCUT2D eigenvalue weighted by atomic mass is 9.95. The molecule has 6 heteroatoms. The van der Waals surface area contributed by atoms with Gasteiger partial charge in [0.25, 0.3) is 0 Å². The number of carbonyl (C=O) groups is 2. The lowest BCUT2D eigenvalue weighted by molar-refractivity contribution is -0.132. The summed E-state index contributed by atoms with van der Waals surface area (Å²) in [4.78, 5) is 33.2. The second-order valence-corrected chi connectivity index (χ2v) is 8.22. The van der Waals surface area contributed by atoms with Gasteiger partial charge in [0.2, 0.25) is 5.91 Å². The van der Waals surface area contributed by atoms with Crippen LogP contribution in [0.25, 0.3) is 0 Å². The van der Waals surface area contributed by atoms with Crippen molar-refractivity contribution >= 4 is 17.8 Å². The van der Waals surface area contributed by atoms with Gasteiger partial charge in [-0.2, -0.15) is 0 Å². The molecule has 1 aliphatic heterocycles. The van der Waals surface area contributed by atoms with Crippen molar-refractivity contribution in [1.82, 2.24) is 9.88 Å². The molecular weight excluding hydrogens is 330 g/mol. The minimum Gasteiger partial charge on any atom is -0.443 e. The molecule has 0 aromatic carbocycles. The number of likely N-dealkylation sites (tertiary alicyclic amines) is 1. The average Bonchev–Trinajstić information content (AvgIpc) is 3.39. The molecule has 142 valence electrons. The highest BCUT2D eigenvalue weighted by atomic mass is 16.6. The SMILES string of the molecule is CC(=O)N1CCCC[C@@H]1c1cccnc1N(C(=O)OC(C)(C)C)C1CC1. The maximum Gasteiger partial charge on any atom is 0.416 e. The van der Waals surface area contributed by atoms with Gasteiger partial charge in [0.1, 0.15) is 11.4 Å². The molecular formula is C20H29N3O3. The van der Waals surface area contributed by atoms with E-state index in [1.165, 1.54) is 0 Å². The molecule has 2 heterocycles. The van der Waals surface area contributed by atoms with E-state index in [4.69, 9.17) is 4.74 Å². The summed E-state index contributed by atoms with van der Waals surface area (Å²) in [7, 11) is 0. The van der Waals surface area contributed by atoms with Crippen molar-refractivity contribution < 1.29 is 14.3 Å². The Hall–Kier alpha value is -2.11. The Bertz CT molecular complexity index is 679. The summed E-state index contributed by atoms with van der Waals surface area (Å²) in [6, 6.07) is 3.97. The van der Waals surface area contributed by atoms with Gasteiger partial charge >= 0.3 is 6.09 Å². The van der Waals surface area contributed by atoms with Gasteiger partial charge in [-0.05, 0) is 58.9 Å². The highest BCUT2D eigenvalue weighted by Gasteiger charge is 2.40. The zero-order chi connectivity index (χ0) is 18.9. The predicted octanol–water partition coefficient (Wildman–Crippen LogP) is 4.06. The number of hydrogen-bond donors (Lipinski definition) is 0. The molecule has 0 unspecified atom stereocenters. The van der Waals surface area contributed by atoms with Crippen LogP contribution in [0.2, 0.25) is 0 Å². The van der Waals surface area contributed by atoms with Gasteiger partial charge in [-0.1, -0.05) is 6.07 Å². The second kappa shape index (κ2) is 7.25. The monoisotopic (exact) mass is 359 g/mol. The molecule has 0 radical (unpaired) electrons. The number of pyridine rings is 1. The molecule has 1 aromatic rings. The van der Waals surface area contributed by atoms with Crippen LogP contribution in [-0.2, 0) is 9.53 Å². The number of rotatable bonds is 3. The molecule has 0 bridgehead atoms. The fraction of sp³-hybridized carbons (Fsp3) is 0.650. The molecule has 3 rings (SSSR count). The number of ether oxygens (including phenoxy) is 1. The fourth-order valence-electron chi connectivity index (χ4n) is 3.55. The van der Waals surface area contributed by atoms with Gasteiger partial charge in [-0.15, -0.1) is 0 Å². The summed E-state index contributed by atoms with van der Waals surface area (Å²) in [5, 5.41) is 0. The smallest absolute Gasteiger partial charge is 0.416 e. The van der Waals surface area contributed by atoms with E-state index >= 15 is 0 Å². The third kappa shape index (κ3) is 4.17. The summed E-state index contributed by atoms with van der Waals surface area (Å²) in [5.41, 5.74) is 0.384. The number of hydrogen-bond acceptors (Lipinski definition) is 4. The topological polar surface area (TPSA) is 62.7 Å². The standard InChI is InChI=1S/C20H29N3O3/c1-14(24)22-13-6-5-9-17(22)16-8-7-12-21-18(16)23(15-10-11-15)19(25)26-20(2,3)4/h7-8,12,15,17H,5-6,9-11,13H2,1-4H3/t17-/m1/s1. The molecule has 26 heavy (non-hydrogen) atoms. The van der Waals surface area contributed by atoms with Gasteiger partial charge in [-0.3, -0.25) is 9.69 Å². The number of nitrogens with zero attached hydrogens (tertiary/aromatic N) is 3. The van der Waals surface area contributed by atoms with E-state index in [1.54, 1.807) is 18.0 Å². The van der Waals surface area contributed by atoms with Crippen LogP contribution in [0.4, 0.5) is 10.6 Å². The van der Waals surface area contributed by atoms with E-state index in [0.29, 0.717) is 5.82 Å². The largest absolute Gasteiger partial charge is 0.443 e. The van der Waals surface area contributed by atoms with E-state index in [-0.39, 0.29) is 24.1 Å². The Morgan fingerprint density at radius 3 is 2.58 bits per heavy atom. The average molecular weight is 359 g/mol. The maximum absolute atomic E-state index is 12.9. The minimum absolute atomic E-state index is 0.0337. The third-order valence-electron chi connectivity index (χ3n) is 4.81. The predicted molar refractivity (Wildman–Crippen MR) is 100.0 cm³/mol. The molecule has 1 saturated heterocycles. The van der Waals surface area contributed by atoms with Crippen LogP contribution in [0.3, 0.4) is 0 Å². The van der Waals surface area contributed by atoms with Gasteiger partial charge in [0, 0.05) is 31.3 Å². The Kier molecular flexibility index (Phi) is 5.21. The molecule has 2 aliphatic rings. The normalized spacial score (nSPS) is 20.6. The second-order valence-electron chi connectivity index (χ2n) is 8.22. The van der Waals surface area contributed by atoms with Crippen LogP contribution in [0, 0.1) is 0 Å². The van der Waals surface area contributed by atoms with Gasteiger partial charge in [-0.25, -0.2) is 9.78 Å². The lowest BCUT2D eigenvalue weighted by Crippen LogP contribution is -2.41. The van der Waals surface area contributed by atoms with Crippen LogP contribution in [0.5, 0.6) is 0 Å². The number of amides is 2. The Balaban J connectivity index is 1.96. The first-order valence-corrected chi connectivity index (χ1v) is 9.52. The highest BCUT2D eigenvalue weighted by Crippen LogP contribution is 2.39. The summed E-state index contributed by atoms with van der Waals surface area (Å²) >= 11 is 0. The molecule has 0 N–H and O–H groups in total. The van der Waals surface area contributed by atoms with Crippen LogP contribution in [-0.4, -0.2) is 40.1 Å². The van der Waals surface area contributed by atoms with Crippen molar-refractivity contribution in [3.05, 3.63) is 23.9 Å². The lowest BCUT2D eigenvalue weighted by Gasteiger charge is -2.37. The number of aromatic nitrogens is 1. The van der Waals surface area contributed by atoms with Gasteiger partial charge in [0.15, 0.2) is 0 Å². The number of piperidine rings is 1. The molecule has 6 nitrogen and oxygen atoms in total. The van der Waals surface area contributed by atoms with Gasteiger partial charge < -0.3 is 9.64 Å². The summed E-state index contributed by atoms with van der Waals surface area (Å²) in [6.45, 7) is 7.97. The molecule has 1 saturated carbocycles. The van der Waals surface area contributed by atoms with E-state index in [9.17, 15) is 9.59 Å². The minimum atomic E-state index is -0.560. The van der Waals surface area contributed by atoms with Crippen molar-refractivity contribution in [2.75, 3.05) is 11.4 Å². The van der Waals surface area contributed by atoms with Crippen LogP contribution in [0.15, 0.2) is 18.3 Å². The highest BCUT2D eigenvalue weighted by molar-refractivity contribution is 5.89. The summed E-state index contributed by atoms with van der Waals surface area (Å²) < 4.78 is 5.64. The zero-order valence-electron chi connectivity index (χ0n) is 16.2. The van der Waals surface area contributed by atoms with E-state index in [0.717, 1.165) is 44.2 Å². The maximum atomic E-state index is 12.9. The van der Waals surface area contributed by atoms with Crippen LogP contribution >= 0.6 is 0 Å². The van der Waals surface area contributed by atoms with E-state index in [2.05, 4.69) is 4.98 Å². The number of carbonyl (C=O) groups excluding carboxylic acids is 2. The molecule has 1 atom stereocenters. The van der Waals surface area contributed by atoms with Crippen molar-refractivity contribution in [3.8, 4) is 0 Å². The van der Waals surface area contributed by atoms with Crippen LogP contribution in [0.1, 0.15) is 71.4 Å². The molecule has 1 aromatic heterocycles. The van der Waals surface area contributed by atoms with Crippen molar-refractivity contribution in [1.29, 1.82) is 0 Å². The first kappa shape index (κ1) is 18.7. The van der Waals surface area contributed by atoms with Crippen molar-refractivity contribution in [2.45, 2.75) is 77.5 Å². The zero-order valence-corrected chi connectivity index (χ0v) is 16.2. The summed E-state index contributed by atoms with van der Waals surface area (Å²) in [5.74, 6) is 0.710. The van der Waals surface area contributed by atoms with E-state index in [1.807, 2.05) is 37.8 Å². The molecule has 2 fully saturated rings. The fourth-order valence-corrected chi connectivity index (χ4v) is 3.55. The van der Waals surface area contributed by atoms with E-state index < -0.39 is 5.60 Å². The Labute approximate surface area is 155 Å². The third-order valence-corrected chi connectivity index (χ3v) is 4.81. The van der Waals surface area contributed by atoms with Gasteiger partial charge in [0.05, 0.1) is 6.04 Å². The Morgan fingerprint density at radius 2 is 1.96 bits per heavy atom. The number of anilines is 1. The molecule has 0 spiro atoms. The van der Waals surface area contributed by atoms with Crippen molar-refractivity contribution in [3.63, 3.8) is 0 Å². The van der Waals surface area contributed by atoms with Crippen LogP contribution < -0.4 is 4.90 Å². The Morgan fingerprint density at radius 1 is 1.23 bits per heavy atom. The molecule has 1 aliphatic carbocycles. The molecule has 2 amide bonds. The quantitative estimate of drug-likeness (QED) is 0.816. The first-order valence-electron chi connectivity index (χ1n) is 9.52. The first-order chi connectivity index (χ1) is 12.3.